The average Bonchev–Trinajstić information content (AvgIpc) is 2.65. The highest BCUT2D eigenvalue weighted by molar-refractivity contribution is 7.89. The molecule has 6 heteroatoms. The first-order valence-electron chi connectivity index (χ1n) is 4.99. The van der Waals surface area contributed by atoms with Gasteiger partial charge in [0, 0.05) is 19.1 Å². The molecule has 0 bridgehead atoms. The van der Waals surface area contributed by atoms with E-state index in [1.807, 2.05) is 0 Å². The third kappa shape index (κ3) is 4.36. The van der Waals surface area contributed by atoms with Gasteiger partial charge < -0.3 is 10.6 Å². The normalized spacial score (nSPS) is 22.8. The Kier molecular flexibility index (Phi) is 4.80. The lowest BCUT2D eigenvalue weighted by molar-refractivity contribution is 0.540. The van der Waals surface area contributed by atoms with Gasteiger partial charge in [-0.2, -0.15) is 0 Å². The average molecular weight is 221 g/mol. The summed E-state index contributed by atoms with van der Waals surface area (Å²) in [5.74, 6) is 0.149. The summed E-state index contributed by atoms with van der Waals surface area (Å²) in [5, 5.41) is 6.48. The second-order valence-corrected chi connectivity index (χ2v) is 5.57. The van der Waals surface area contributed by atoms with Crippen LogP contribution in [0, 0.1) is 0 Å². The number of nitrogens with one attached hydrogen (secondary N) is 3. The van der Waals surface area contributed by atoms with E-state index in [9.17, 15) is 8.42 Å². The van der Waals surface area contributed by atoms with Crippen LogP contribution in [0.3, 0.4) is 0 Å². The molecule has 0 amide bonds. The van der Waals surface area contributed by atoms with Gasteiger partial charge in [0.05, 0.1) is 5.75 Å². The molecular weight excluding hydrogens is 202 g/mol. The fourth-order valence-corrected chi connectivity index (χ4v) is 2.13. The lowest BCUT2D eigenvalue weighted by Gasteiger charge is -2.11. The van der Waals surface area contributed by atoms with Crippen LogP contribution in [-0.2, 0) is 10.0 Å². The number of rotatable bonds is 6. The molecule has 1 rings (SSSR count). The Balaban J connectivity index is 2.04. The Bertz CT molecular complexity index is 247. The zero-order chi connectivity index (χ0) is 10.4. The monoisotopic (exact) mass is 221 g/mol. The summed E-state index contributed by atoms with van der Waals surface area (Å²) >= 11 is 0. The maximum absolute atomic E-state index is 11.0. The van der Waals surface area contributed by atoms with Crippen LogP contribution in [0.25, 0.3) is 0 Å². The molecule has 0 spiro atoms. The van der Waals surface area contributed by atoms with Crippen molar-refractivity contribution in [2.24, 2.45) is 0 Å². The highest BCUT2D eigenvalue weighted by atomic mass is 32.2. The molecule has 1 aliphatic heterocycles. The Morgan fingerprint density at radius 2 is 2.29 bits per heavy atom. The molecule has 1 aliphatic rings. The highest BCUT2D eigenvalue weighted by Crippen LogP contribution is 2.02. The lowest BCUT2D eigenvalue weighted by Crippen LogP contribution is -2.37. The molecule has 1 atom stereocenters. The fourth-order valence-electron chi connectivity index (χ4n) is 1.52. The zero-order valence-electron chi connectivity index (χ0n) is 8.54. The van der Waals surface area contributed by atoms with Gasteiger partial charge in [-0.3, -0.25) is 0 Å². The maximum atomic E-state index is 11.0. The predicted octanol–water partition coefficient (Wildman–Crippen LogP) is -1.12. The van der Waals surface area contributed by atoms with Crippen LogP contribution in [0.5, 0.6) is 0 Å². The molecule has 84 valence electrons. The summed E-state index contributed by atoms with van der Waals surface area (Å²) in [6, 6.07) is 0.521. The van der Waals surface area contributed by atoms with E-state index in [0.29, 0.717) is 12.6 Å². The standard InChI is InChI=1S/C8H19N3O2S/c1-9-14(12,13)6-5-10-7-8-3-2-4-11-8/h8-11H,2-7H2,1H3. The first-order valence-corrected chi connectivity index (χ1v) is 6.64. The summed E-state index contributed by atoms with van der Waals surface area (Å²) in [4.78, 5) is 0. The second kappa shape index (κ2) is 5.65. The van der Waals surface area contributed by atoms with Crippen molar-refractivity contribution in [1.29, 1.82) is 0 Å². The van der Waals surface area contributed by atoms with Crippen molar-refractivity contribution in [2.45, 2.75) is 18.9 Å². The Hall–Kier alpha value is -0.170. The van der Waals surface area contributed by atoms with Gasteiger partial charge in [-0.1, -0.05) is 0 Å². The molecule has 0 aromatic heterocycles. The van der Waals surface area contributed by atoms with E-state index in [4.69, 9.17) is 0 Å². The molecule has 0 saturated carbocycles. The van der Waals surface area contributed by atoms with Gasteiger partial charge in [-0.15, -0.1) is 0 Å². The second-order valence-electron chi connectivity index (χ2n) is 3.52. The van der Waals surface area contributed by atoms with Crippen molar-refractivity contribution in [3.8, 4) is 0 Å². The topological polar surface area (TPSA) is 70.2 Å². The van der Waals surface area contributed by atoms with Crippen molar-refractivity contribution in [3.63, 3.8) is 0 Å². The molecule has 5 nitrogen and oxygen atoms in total. The molecule has 1 saturated heterocycles. The first kappa shape index (κ1) is 11.9. The number of hydrogen-bond donors (Lipinski definition) is 3. The molecule has 0 aliphatic carbocycles. The van der Waals surface area contributed by atoms with Crippen molar-refractivity contribution in [3.05, 3.63) is 0 Å². The third-order valence-corrected chi connectivity index (χ3v) is 3.78. The van der Waals surface area contributed by atoms with E-state index in [1.54, 1.807) is 0 Å². The minimum Gasteiger partial charge on any atom is -0.314 e. The molecule has 3 N–H and O–H groups in total. The number of sulfonamides is 1. The van der Waals surface area contributed by atoms with Gasteiger partial charge in [0.1, 0.15) is 0 Å². The van der Waals surface area contributed by atoms with Gasteiger partial charge >= 0.3 is 0 Å². The van der Waals surface area contributed by atoms with Crippen molar-refractivity contribution >= 4 is 10.0 Å². The van der Waals surface area contributed by atoms with Crippen LogP contribution in [-0.4, -0.2) is 46.9 Å². The first-order chi connectivity index (χ1) is 6.64. The Labute approximate surface area is 85.7 Å². The van der Waals surface area contributed by atoms with E-state index in [1.165, 1.54) is 19.9 Å². The molecule has 1 fully saturated rings. The largest absolute Gasteiger partial charge is 0.314 e. The van der Waals surface area contributed by atoms with Crippen LogP contribution < -0.4 is 15.4 Å². The summed E-state index contributed by atoms with van der Waals surface area (Å²) in [7, 11) is -1.61. The Morgan fingerprint density at radius 1 is 1.50 bits per heavy atom. The third-order valence-electron chi connectivity index (χ3n) is 2.41. The van der Waals surface area contributed by atoms with Gasteiger partial charge in [-0.05, 0) is 26.4 Å². The summed E-state index contributed by atoms with van der Waals surface area (Å²) in [6.07, 6.45) is 2.41. The van der Waals surface area contributed by atoms with Crippen molar-refractivity contribution in [2.75, 3.05) is 32.4 Å². The molecule has 0 aromatic rings. The van der Waals surface area contributed by atoms with Crippen LogP contribution in [0.4, 0.5) is 0 Å². The molecular formula is C8H19N3O2S. The molecule has 0 aromatic carbocycles. The summed E-state index contributed by atoms with van der Waals surface area (Å²) < 4.78 is 24.3. The fraction of sp³-hybridized carbons (Fsp3) is 1.00. The SMILES string of the molecule is CNS(=O)(=O)CCNCC1CCCN1. The molecule has 14 heavy (non-hydrogen) atoms. The minimum absolute atomic E-state index is 0.149. The van der Waals surface area contributed by atoms with E-state index in [0.717, 1.165) is 13.1 Å². The highest BCUT2D eigenvalue weighted by Gasteiger charge is 2.13. The van der Waals surface area contributed by atoms with E-state index in [-0.39, 0.29) is 5.75 Å². The number of hydrogen-bond acceptors (Lipinski definition) is 4. The Morgan fingerprint density at radius 3 is 2.86 bits per heavy atom. The lowest BCUT2D eigenvalue weighted by atomic mass is 10.2. The van der Waals surface area contributed by atoms with Crippen LogP contribution >= 0.6 is 0 Å². The van der Waals surface area contributed by atoms with Crippen LogP contribution in [0.2, 0.25) is 0 Å². The summed E-state index contributed by atoms with van der Waals surface area (Å²) in [6.45, 7) is 2.46. The quantitative estimate of drug-likeness (QED) is 0.497. The van der Waals surface area contributed by atoms with Gasteiger partial charge in [0.2, 0.25) is 10.0 Å². The van der Waals surface area contributed by atoms with Gasteiger partial charge in [0.15, 0.2) is 0 Å². The van der Waals surface area contributed by atoms with E-state index in [2.05, 4.69) is 15.4 Å². The molecule has 0 radical (unpaired) electrons. The van der Waals surface area contributed by atoms with Gasteiger partial charge in [-0.25, -0.2) is 13.1 Å². The summed E-state index contributed by atoms with van der Waals surface area (Å²) in [5.41, 5.74) is 0. The van der Waals surface area contributed by atoms with Crippen molar-refractivity contribution in [1.82, 2.24) is 15.4 Å². The zero-order valence-corrected chi connectivity index (χ0v) is 9.36. The molecule has 1 unspecified atom stereocenters. The van der Waals surface area contributed by atoms with Gasteiger partial charge in [0.25, 0.3) is 0 Å². The smallest absolute Gasteiger partial charge is 0.212 e. The predicted molar refractivity (Wildman–Crippen MR) is 56.7 cm³/mol. The van der Waals surface area contributed by atoms with E-state index >= 15 is 0 Å². The minimum atomic E-state index is -3.05. The molecule has 1 heterocycles. The van der Waals surface area contributed by atoms with E-state index < -0.39 is 10.0 Å². The van der Waals surface area contributed by atoms with Crippen LogP contribution in [0.1, 0.15) is 12.8 Å². The van der Waals surface area contributed by atoms with Crippen molar-refractivity contribution < 1.29 is 8.42 Å². The van der Waals surface area contributed by atoms with Crippen LogP contribution in [0.15, 0.2) is 0 Å². The maximum Gasteiger partial charge on any atom is 0.212 e.